The second-order valence-electron chi connectivity index (χ2n) is 7.20. The summed E-state index contributed by atoms with van der Waals surface area (Å²) in [6, 6.07) is 0.532. The van der Waals surface area contributed by atoms with E-state index in [1.165, 1.54) is 39.5 Å². The maximum atomic E-state index is 12.2. The second kappa shape index (κ2) is 6.66. The SMILES string of the molecule is CCNC1(C(=O)OC)CCC(N2CCC(C)(CC)CC2)C1. The first-order valence-electron chi connectivity index (χ1n) is 8.56. The Labute approximate surface area is 129 Å². The van der Waals surface area contributed by atoms with Crippen LogP contribution in [0.4, 0.5) is 0 Å². The molecule has 0 amide bonds. The van der Waals surface area contributed by atoms with E-state index in [0.717, 1.165) is 25.8 Å². The molecule has 1 saturated carbocycles. The van der Waals surface area contributed by atoms with E-state index >= 15 is 0 Å². The smallest absolute Gasteiger partial charge is 0.326 e. The zero-order valence-corrected chi connectivity index (χ0v) is 14.2. The summed E-state index contributed by atoms with van der Waals surface area (Å²) in [6.45, 7) is 9.95. The molecule has 0 bridgehead atoms. The lowest BCUT2D eigenvalue weighted by atomic mass is 9.78. The molecule has 4 nitrogen and oxygen atoms in total. The van der Waals surface area contributed by atoms with Crippen LogP contribution in [0.2, 0.25) is 0 Å². The van der Waals surface area contributed by atoms with Crippen LogP contribution in [-0.4, -0.2) is 49.2 Å². The van der Waals surface area contributed by atoms with Crippen molar-refractivity contribution in [2.75, 3.05) is 26.7 Å². The number of likely N-dealkylation sites (N-methyl/N-ethyl adjacent to an activating group) is 1. The lowest BCUT2D eigenvalue weighted by molar-refractivity contribution is -0.148. The van der Waals surface area contributed by atoms with Gasteiger partial charge in [-0.05, 0) is 57.2 Å². The zero-order valence-electron chi connectivity index (χ0n) is 14.2. The van der Waals surface area contributed by atoms with Crippen LogP contribution in [0.15, 0.2) is 0 Å². The molecule has 0 aromatic rings. The number of nitrogens with one attached hydrogen (secondary N) is 1. The number of rotatable bonds is 5. The highest BCUT2D eigenvalue weighted by Crippen LogP contribution is 2.39. The summed E-state index contributed by atoms with van der Waals surface area (Å²) in [5.74, 6) is -0.0812. The molecule has 2 fully saturated rings. The first kappa shape index (κ1) is 16.8. The second-order valence-corrected chi connectivity index (χ2v) is 7.20. The number of nitrogens with zero attached hydrogens (tertiary/aromatic N) is 1. The fourth-order valence-electron chi connectivity index (χ4n) is 4.07. The molecule has 0 spiro atoms. The lowest BCUT2D eigenvalue weighted by Crippen LogP contribution is -2.52. The Morgan fingerprint density at radius 2 is 1.95 bits per heavy atom. The van der Waals surface area contributed by atoms with E-state index in [2.05, 4.69) is 31.0 Å². The van der Waals surface area contributed by atoms with Crippen molar-refractivity contribution in [1.82, 2.24) is 10.2 Å². The first-order chi connectivity index (χ1) is 9.98. The molecule has 4 heteroatoms. The summed E-state index contributed by atoms with van der Waals surface area (Å²) >= 11 is 0. The minimum absolute atomic E-state index is 0.0812. The van der Waals surface area contributed by atoms with Crippen molar-refractivity contribution in [3.8, 4) is 0 Å². The third-order valence-corrected chi connectivity index (χ3v) is 5.95. The predicted octanol–water partition coefficient (Wildman–Crippen LogP) is 2.57. The number of hydrogen-bond donors (Lipinski definition) is 1. The van der Waals surface area contributed by atoms with Gasteiger partial charge in [0.25, 0.3) is 0 Å². The maximum Gasteiger partial charge on any atom is 0.326 e. The molecule has 1 heterocycles. The Morgan fingerprint density at radius 1 is 1.29 bits per heavy atom. The normalized spacial score (nSPS) is 33.0. The van der Waals surface area contributed by atoms with Gasteiger partial charge in [0.2, 0.25) is 0 Å². The molecule has 1 N–H and O–H groups in total. The predicted molar refractivity (Wildman–Crippen MR) is 85.3 cm³/mol. The summed E-state index contributed by atoms with van der Waals surface area (Å²) in [4.78, 5) is 14.8. The van der Waals surface area contributed by atoms with Gasteiger partial charge in [-0.1, -0.05) is 27.2 Å². The lowest BCUT2D eigenvalue weighted by Gasteiger charge is -2.42. The van der Waals surface area contributed by atoms with Gasteiger partial charge in [0.05, 0.1) is 7.11 Å². The van der Waals surface area contributed by atoms with Crippen LogP contribution >= 0.6 is 0 Å². The van der Waals surface area contributed by atoms with E-state index in [9.17, 15) is 4.79 Å². The summed E-state index contributed by atoms with van der Waals surface area (Å²) in [6.07, 6.45) is 6.74. The van der Waals surface area contributed by atoms with Crippen molar-refractivity contribution in [3.63, 3.8) is 0 Å². The molecule has 2 unspecified atom stereocenters. The van der Waals surface area contributed by atoms with Gasteiger partial charge >= 0.3 is 5.97 Å². The number of hydrogen-bond acceptors (Lipinski definition) is 4. The van der Waals surface area contributed by atoms with E-state index in [-0.39, 0.29) is 5.97 Å². The van der Waals surface area contributed by atoms with Gasteiger partial charge in [0, 0.05) is 6.04 Å². The molecule has 1 aliphatic heterocycles. The van der Waals surface area contributed by atoms with Crippen molar-refractivity contribution in [2.24, 2.45) is 5.41 Å². The largest absolute Gasteiger partial charge is 0.468 e. The van der Waals surface area contributed by atoms with Gasteiger partial charge in [-0.15, -0.1) is 0 Å². The number of ether oxygens (including phenoxy) is 1. The van der Waals surface area contributed by atoms with Gasteiger partial charge in [-0.25, -0.2) is 0 Å². The highest BCUT2D eigenvalue weighted by Gasteiger charge is 2.47. The van der Waals surface area contributed by atoms with Gasteiger partial charge in [0.1, 0.15) is 5.54 Å². The van der Waals surface area contributed by atoms with E-state index in [1.54, 1.807) is 0 Å². The van der Waals surface area contributed by atoms with Crippen LogP contribution in [0.5, 0.6) is 0 Å². The maximum absolute atomic E-state index is 12.2. The summed E-state index contributed by atoms with van der Waals surface area (Å²) in [7, 11) is 1.50. The van der Waals surface area contributed by atoms with Crippen LogP contribution in [0.3, 0.4) is 0 Å². The fourth-order valence-corrected chi connectivity index (χ4v) is 4.07. The number of carbonyl (C=O) groups excluding carboxylic acids is 1. The van der Waals surface area contributed by atoms with Crippen LogP contribution in [-0.2, 0) is 9.53 Å². The van der Waals surface area contributed by atoms with Crippen molar-refractivity contribution < 1.29 is 9.53 Å². The van der Waals surface area contributed by atoms with Gasteiger partial charge in [0.15, 0.2) is 0 Å². The van der Waals surface area contributed by atoms with Crippen molar-refractivity contribution in [1.29, 1.82) is 0 Å². The Bertz CT molecular complexity index is 364. The molecule has 21 heavy (non-hydrogen) atoms. The van der Waals surface area contributed by atoms with Crippen LogP contribution in [0.25, 0.3) is 0 Å². The number of esters is 1. The van der Waals surface area contributed by atoms with Crippen LogP contribution in [0, 0.1) is 5.41 Å². The molecule has 0 aromatic carbocycles. The molecule has 1 aliphatic carbocycles. The fraction of sp³-hybridized carbons (Fsp3) is 0.941. The average Bonchev–Trinajstić information content (AvgIpc) is 2.93. The molecule has 2 rings (SSSR count). The van der Waals surface area contributed by atoms with E-state index in [0.29, 0.717) is 11.5 Å². The van der Waals surface area contributed by atoms with Gasteiger partial charge in [-0.2, -0.15) is 0 Å². The van der Waals surface area contributed by atoms with E-state index < -0.39 is 5.54 Å². The summed E-state index contributed by atoms with van der Waals surface area (Å²) in [5.41, 5.74) is 0.0792. The first-order valence-corrected chi connectivity index (χ1v) is 8.56. The third-order valence-electron chi connectivity index (χ3n) is 5.95. The third kappa shape index (κ3) is 3.42. The quantitative estimate of drug-likeness (QED) is 0.792. The van der Waals surface area contributed by atoms with E-state index in [4.69, 9.17) is 4.74 Å². The van der Waals surface area contributed by atoms with Crippen molar-refractivity contribution >= 4 is 5.97 Å². The molecule has 0 aromatic heterocycles. The topological polar surface area (TPSA) is 41.6 Å². The van der Waals surface area contributed by atoms with Crippen molar-refractivity contribution in [3.05, 3.63) is 0 Å². The molecule has 122 valence electrons. The molecule has 2 atom stereocenters. The molecular weight excluding hydrogens is 264 g/mol. The molecular formula is C17H32N2O2. The zero-order chi connectivity index (χ0) is 15.5. The molecule has 1 saturated heterocycles. The Hall–Kier alpha value is -0.610. The van der Waals surface area contributed by atoms with E-state index in [1.807, 2.05) is 0 Å². The highest BCUT2D eigenvalue weighted by atomic mass is 16.5. The van der Waals surface area contributed by atoms with Gasteiger partial charge in [-0.3, -0.25) is 4.79 Å². The average molecular weight is 296 g/mol. The standard InChI is InChI=1S/C17H32N2O2/c1-5-16(3)9-11-19(12-10-16)14-7-8-17(13-14,18-6-2)15(20)21-4/h14,18H,5-13H2,1-4H3. The number of likely N-dealkylation sites (tertiary alicyclic amines) is 1. The van der Waals surface area contributed by atoms with Crippen molar-refractivity contribution in [2.45, 2.75) is 70.9 Å². The number of methoxy groups -OCH3 is 1. The Balaban J connectivity index is 1.97. The van der Waals surface area contributed by atoms with Gasteiger partial charge < -0.3 is 15.0 Å². The van der Waals surface area contributed by atoms with Crippen LogP contribution in [0.1, 0.15) is 59.3 Å². The number of carbonyl (C=O) groups is 1. The highest BCUT2D eigenvalue weighted by molar-refractivity contribution is 5.81. The molecule has 0 radical (unpaired) electrons. The number of piperidine rings is 1. The van der Waals surface area contributed by atoms with Crippen LogP contribution < -0.4 is 5.32 Å². The minimum Gasteiger partial charge on any atom is -0.468 e. The summed E-state index contributed by atoms with van der Waals surface area (Å²) in [5, 5.41) is 3.40. The monoisotopic (exact) mass is 296 g/mol. The minimum atomic E-state index is -0.445. The Morgan fingerprint density at radius 3 is 2.48 bits per heavy atom. The Kier molecular flexibility index (Phi) is 5.31. The molecule has 2 aliphatic rings. The summed E-state index contributed by atoms with van der Waals surface area (Å²) < 4.78 is 5.06.